The number of fused-ring (bicyclic) bond motifs is 1. The molecule has 1 amide bonds. The smallest absolute Gasteiger partial charge is 0.267 e. The van der Waals surface area contributed by atoms with Crippen LogP contribution in [-0.2, 0) is 11.2 Å². The average Bonchev–Trinajstić information content (AvgIpc) is 2.21. The van der Waals surface area contributed by atoms with E-state index in [0.29, 0.717) is 0 Å². The summed E-state index contributed by atoms with van der Waals surface area (Å²) in [6, 6.07) is 0.942. The monoisotopic (exact) mass is 214 g/mol. The molecule has 0 saturated carbocycles. The maximum atomic E-state index is 13.3. The largest absolute Gasteiger partial charge is 0.320 e. The van der Waals surface area contributed by atoms with Gasteiger partial charge in [0.1, 0.15) is 0 Å². The summed E-state index contributed by atoms with van der Waals surface area (Å²) in [5, 5.41) is 9.59. The number of nitrogens with zero attached hydrogens (tertiary/aromatic N) is 1. The quantitative estimate of drug-likeness (QED) is 0.620. The SMILES string of the molecule is N[C@H]1Cc2c(ccc(F)c2F)N(O)C1=O. The predicted octanol–water partition coefficient (Wildman–Crippen LogP) is 0.570. The Morgan fingerprint density at radius 3 is 2.80 bits per heavy atom. The van der Waals surface area contributed by atoms with Gasteiger partial charge in [-0.15, -0.1) is 0 Å². The molecule has 15 heavy (non-hydrogen) atoms. The van der Waals surface area contributed by atoms with Gasteiger partial charge in [0.15, 0.2) is 11.6 Å². The van der Waals surface area contributed by atoms with Crippen LogP contribution in [0.5, 0.6) is 0 Å². The van der Waals surface area contributed by atoms with Crippen LogP contribution in [-0.4, -0.2) is 17.2 Å². The van der Waals surface area contributed by atoms with Crippen molar-refractivity contribution in [2.75, 3.05) is 5.06 Å². The summed E-state index contributed by atoms with van der Waals surface area (Å²) in [7, 11) is 0. The summed E-state index contributed by atoms with van der Waals surface area (Å²) in [5.41, 5.74) is 5.23. The number of halogens is 2. The van der Waals surface area contributed by atoms with Crippen molar-refractivity contribution in [2.45, 2.75) is 12.5 Å². The van der Waals surface area contributed by atoms with Crippen LogP contribution in [0, 0.1) is 11.6 Å². The second kappa shape index (κ2) is 3.25. The molecule has 2 rings (SSSR count). The third kappa shape index (κ3) is 1.38. The summed E-state index contributed by atoms with van der Waals surface area (Å²) >= 11 is 0. The van der Waals surface area contributed by atoms with Crippen molar-refractivity contribution in [3.63, 3.8) is 0 Å². The van der Waals surface area contributed by atoms with E-state index in [1.165, 1.54) is 0 Å². The van der Waals surface area contributed by atoms with Crippen molar-refractivity contribution >= 4 is 11.6 Å². The van der Waals surface area contributed by atoms with Crippen LogP contribution in [0.1, 0.15) is 5.56 Å². The third-order valence-corrected chi connectivity index (χ3v) is 2.35. The first-order valence-corrected chi connectivity index (χ1v) is 4.27. The minimum Gasteiger partial charge on any atom is -0.320 e. The number of carbonyl (C=O) groups is 1. The Bertz CT molecular complexity index is 436. The molecule has 0 aromatic heterocycles. The number of hydrogen-bond acceptors (Lipinski definition) is 3. The summed E-state index contributed by atoms with van der Waals surface area (Å²) in [6.07, 6.45) is -0.116. The Morgan fingerprint density at radius 1 is 1.47 bits per heavy atom. The zero-order valence-electron chi connectivity index (χ0n) is 7.58. The predicted molar refractivity (Wildman–Crippen MR) is 47.3 cm³/mol. The van der Waals surface area contributed by atoms with Crippen LogP contribution in [0.25, 0.3) is 0 Å². The third-order valence-electron chi connectivity index (χ3n) is 2.35. The molecule has 4 nitrogen and oxygen atoms in total. The molecule has 1 aliphatic heterocycles. The fourth-order valence-corrected chi connectivity index (χ4v) is 1.56. The van der Waals surface area contributed by atoms with Crippen LogP contribution in [0.15, 0.2) is 12.1 Å². The van der Waals surface area contributed by atoms with Gasteiger partial charge in [0.25, 0.3) is 5.91 Å². The standard InChI is InChI=1S/C9H8F2N2O2/c10-5-1-2-7-4(8(5)11)3-6(12)9(14)13(7)15/h1-2,6,15H,3,12H2/t6-/m0/s1. The molecule has 1 aromatic carbocycles. The molecule has 1 aromatic rings. The van der Waals surface area contributed by atoms with Gasteiger partial charge in [0.05, 0.1) is 11.7 Å². The van der Waals surface area contributed by atoms with Crippen molar-refractivity contribution in [3.05, 3.63) is 29.3 Å². The highest BCUT2D eigenvalue weighted by atomic mass is 19.2. The number of hydroxylamine groups is 1. The minimum atomic E-state index is -1.07. The molecular weight excluding hydrogens is 206 g/mol. The minimum absolute atomic E-state index is 0.0550. The summed E-state index contributed by atoms with van der Waals surface area (Å²) < 4.78 is 26.1. The van der Waals surface area contributed by atoms with Gasteiger partial charge < -0.3 is 5.73 Å². The topological polar surface area (TPSA) is 66.6 Å². The van der Waals surface area contributed by atoms with Crippen LogP contribution >= 0.6 is 0 Å². The Labute approximate surface area is 83.9 Å². The zero-order chi connectivity index (χ0) is 11.2. The maximum absolute atomic E-state index is 13.3. The molecule has 0 saturated heterocycles. The number of carbonyl (C=O) groups excluding carboxylic acids is 1. The fraction of sp³-hybridized carbons (Fsp3) is 0.222. The van der Waals surface area contributed by atoms with E-state index < -0.39 is 23.6 Å². The van der Waals surface area contributed by atoms with E-state index in [1.807, 2.05) is 0 Å². The molecule has 0 radical (unpaired) electrons. The Hall–Kier alpha value is -1.53. The molecule has 80 valence electrons. The fourth-order valence-electron chi connectivity index (χ4n) is 1.56. The van der Waals surface area contributed by atoms with Crippen molar-refractivity contribution < 1.29 is 18.8 Å². The molecule has 1 aliphatic rings. The van der Waals surface area contributed by atoms with Gasteiger partial charge in [-0.2, -0.15) is 5.06 Å². The van der Waals surface area contributed by atoms with Gasteiger partial charge >= 0.3 is 0 Å². The molecule has 6 heteroatoms. The van der Waals surface area contributed by atoms with Crippen molar-refractivity contribution in [2.24, 2.45) is 5.73 Å². The van der Waals surface area contributed by atoms with Gasteiger partial charge in [0, 0.05) is 12.0 Å². The van der Waals surface area contributed by atoms with Gasteiger partial charge in [-0.05, 0) is 12.1 Å². The number of anilines is 1. The van der Waals surface area contributed by atoms with Crippen molar-refractivity contribution in [1.82, 2.24) is 0 Å². The number of benzene rings is 1. The molecule has 1 atom stereocenters. The Morgan fingerprint density at radius 2 is 2.13 bits per heavy atom. The Kier molecular flexibility index (Phi) is 2.17. The second-order valence-corrected chi connectivity index (χ2v) is 3.32. The lowest BCUT2D eigenvalue weighted by atomic mass is 9.98. The molecule has 0 aliphatic carbocycles. The molecular formula is C9H8F2N2O2. The first kappa shape index (κ1) is 10.0. The summed E-state index contributed by atoms with van der Waals surface area (Å²) in [5.74, 6) is -2.83. The van der Waals surface area contributed by atoms with E-state index in [-0.39, 0.29) is 22.7 Å². The number of amides is 1. The number of nitrogens with two attached hydrogens (primary N) is 1. The summed E-state index contributed by atoms with van der Waals surface area (Å²) in [4.78, 5) is 11.2. The lowest BCUT2D eigenvalue weighted by Gasteiger charge is -2.27. The lowest BCUT2D eigenvalue weighted by Crippen LogP contribution is -2.47. The van der Waals surface area contributed by atoms with Gasteiger partial charge in [-0.1, -0.05) is 0 Å². The van der Waals surface area contributed by atoms with E-state index in [0.717, 1.165) is 12.1 Å². The summed E-state index contributed by atoms with van der Waals surface area (Å²) in [6.45, 7) is 0. The maximum Gasteiger partial charge on any atom is 0.267 e. The molecule has 1 heterocycles. The van der Waals surface area contributed by atoms with E-state index in [9.17, 15) is 18.8 Å². The highest BCUT2D eigenvalue weighted by molar-refractivity contribution is 5.98. The van der Waals surface area contributed by atoms with Crippen LogP contribution < -0.4 is 10.8 Å². The molecule has 0 unspecified atom stereocenters. The highest BCUT2D eigenvalue weighted by Crippen LogP contribution is 2.29. The van der Waals surface area contributed by atoms with Gasteiger partial charge in [-0.25, -0.2) is 8.78 Å². The molecule has 0 fully saturated rings. The van der Waals surface area contributed by atoms with Crippen LogP contribution in [0.3, 0.4) is 0 Å². The van der Waals surface area contributed by atoms with E-state index >= 15 is 0 Å². The highest BCUT2D eigenvalue weighted by Gasteiger charge is 2.32. The number of rotatable bonds is 0. The Balaban J connectivity index is 2.60. The molecule has 0 spiro atoms. The van der Waals surface area contributed by atoms with Crippen molar-refractivity contribution in [1.29, 1.82) is 0 Å². The van der Waals surface area contributed by atoms with Gasteiger partial charge in [0.2, 0.25) is 0 Å². The van der Waals surface area contributed by atoms with Crippen LogP contribution in [0.2, 0.25) is 0 Å². The van der Waals surface area contributed by atoms with Crippen LogP contribution in [0.4, 0.5) is 14.5 Å². The van der Waals surface area contributed by atoms with E-state index in [1.54, 1.807) is 0 Å². The number of hydrogen-bond donors (Lipinski definition) is 2. The normalized spacial score (nSPS) is 20.4. The lowest BCUT2D eigenvalue weighted by molar-refractivity contribution is -0.125. The molecule has 0 bridgehead atoms. The van der Waals surface area contributed by atoms with E-state index in [4.69, 9.17) is 5.73 Å². The van der Waals surface area contributed by atoms with E-state index in [2.05, 4.69) is 0 Å². The first-order chi connectivity index (χ1) is 7.02. The van der Waals surface area contributed by atoms with Crippen molar-refractivity contribution in [3.8, 4) is 0 Å². The molecule has 3 N–H and O–H groups in total. The van der Waals surface area contributed by atoms with Gasteiger partial charge in [-0.3, -0.25) is 10.0 Å². The first-order valence-electron chi connectivity index (χ1n) is 4.27. The second-order valence-electron chi connectivity index (χ2n) is 3.32. The average molecular weight is 214 g/mol. The zero-order valence-corrected chi connectivity index (χ0v) is 7.58.